The zero-order valence-electron chi connectivity index (χ0n) is 8.47. The van der Waals surface area contributed by atoms with Crippen LogP contribution in [0.5, 0.6) is 5.75 Å². The monoisotopic (exact) mass is 215 g/mol. The fourth-order valence-corrected chi connectivity index (χ4v) is 1.63. The minimum Gasteiger partial charge on any atom is -0.495 e. The van der Waals surface area contributed by atoms with E-state index in [2.05, 4.69) is 0 Å². The smallest absolute Gasteiger partial charge is 0.139 e. The van der Waals surface area contributed by atoms with Crippen molar-refractivity contribution >= 4 is 17.3 Å². The minimum atomic E-state index is -1.03. The molecule has 3 nitrogen and oxygen atoms in total. The van der Waals surface area contributed by atoms with E-state index in [0.29, 0.717) is 22.0 Å². The standard InChI is InChI=1S/C10H14ClNO2/c1-10(2,13)7-4-6(12)5-8(14-3)9(7)11/h4-5,13H,12H2,1-3H3. The topological polar surface area (TPSA) is 55.5 Å². The summed E-state index contributed by atoms with van der Waals surface area (Å²) in [6.07, 6.45) is 0. The number of benzene rings is 1. The third kappa shape index (κ3) is 2.11. The molecule has 14 heavy (non-hydrogen) atoms. The van der Waals surface area contributed by atoms with Crippen LogP contribution in [0.1, 0.15) is 19.4 Å². The van der Waals surface area contributed by atoms with Gasteiger partial charge in [0.15, 0.2) is 0 Å². The van der Waals surface area contributed by atoms with E-state index in [0.717, 1.165) is 0 Å². The maximum absolute atomic E-state index is 9.82. The fourth-order valence-electron chi connectivity index (χ4n) is 1.21. The van der Waals surface area contributed by atoms with Gasteiger partial charge in [0.25, 0.3) is 0 Å². The van der Waals surface area contributed by atoms with E-state index in [1.807, 2.05) is 0 Å². The van der Waals surface area contributed by atoms with Crippen molar-refractivity contribution in [3.05, 3.63) is 22.7 Å². The molecular formula is C10H14ClNO2. The lowest BCUT2D eigenvalue weighted by atomic mass is 9.97. The molecule has 1 aromatic rings. The molecular weight excluding hydrogens is 202 g/mol. The normalized spacial score (nSPS) is 11.5. The number of ether oxygens (including phenoxy) is 1. The second-order valence-corrected chi connectivity index (χ2v) is 4.02. The first-order chi connectivity index (χ1) is 6.36. The highest BCUT2D eigenvalue weighted by Gasteiger charge is 2.22. The van der Waals surface area contributed by atoms with Gasteiger partial charge in [0.2, 0.25) is 0 Å². The number of aliphatic hydroxyl groups is 1. The maximum atomic E-state index is 9.82. The van der Waals surface area contributed by atoms with Gasteiger partial charge in [-0.3, -0.25) is 0 Å². The van der Waals surface area contributed by atoms with Crippen molar-refractivity contribution in [1.29, 1.82) is 0 Å². The summed E-state index contributed by atoms with van der Waals surface area (Å²) in [5.41, 5.74) is 5.71. The van der Waals surface area contributed by atoms with E-state index in [4.69, 9.17) is 22.1 Å². The molecule has 0 aliphatic heterocycles. The van der Waals surface area contributed by atoms with E-state index in [1.54, 1.807) is 26.0 Å². The quantitative estimate of drug-likeness (QED) is 0.744. The van der Waals surface area contributed by atoms with E-state index in [-0.39, 0.29) is 0 Å². The molecule has 0 spiro atoms. The third-order valence-corrected chi connectivity index (χ3v) is 2.33. The molecule has 0 saturated heterocycles. The summed E-state index contributed by atoms with van der Waals surface area (Å²) in [6, 6.07) is 3.27. The predicted octanol–water partition coefficient (Wildman–Crippen LogP) is 2.16. The number of nitrogens with two attached hydrogens (primary N) is 1. The van der Waals surface area contributed by atoms with Crippen molar-refractivity contribution in [2.24, 2.45) is 0 Å². The van der Waals surface area contributed by atoms with Crippen LogP contribution in [0.2, 0.25) is 5.02 Å². The molecule has 0 heterocycles. The van der Waals surface area contributed by atoms with Gasteiger partial charge in [-0.15, -0.1) is 0 Å². The van der Waals surface area contributed by atoms with Crippen molar-refractivity contribution in [2.75, 3.05) is 12.8 Å². The van der Waals surface area contributed by atoms with Crippen molar-refractivity contribution < 1.29 is 9.84 Å². The third-order valence-electron chi connectivity index (χ3n) is 1.94. The van der Waals surface area contributed by atoms with Crippen molar-refractivity contribution in [3.63, 3.8) is 0 Å². The van der Waals surface area contributed by atoms with Gasteiger partial charge >= 0.3 is 0 Å². The maximum Gasteiger partial charge on any atom is 0.139 e. The summed E-state index contributed by atoms with van der Waals surface area (Å²) < 4.78 is 5.04. The molecule has 0 aliphatic carbocycles. The van der Waals surface area contributed by atoms with Gasteiger partial charge < -0.3 is 15.6 Å². The van der Waals surface area contributed by atoms with Crippen LogP contribution in [0.15, 0.2) is 12.1 Å². The lowest BCUT2D eigenvalue weighted by Crippen LogP contribution is -2.16. The van der Waals surface area contributed by atoms with Gasteiger partial charge in [-0.25, -0.2) is 0 Å². The fraction of sp³-hybridized carbons (Fsp3) is 0.400. The van der Waals surface area contributed by atoms with Gasteiger partial charge in [-0.2, -0.15) is 0 Å². The summed E-state index contributed by atoms with van der Waals surface area (Å²) in [5, 5.41) is 10.2. The number of hydrogen-bond acceptors (Lipinski definition) is 3. The molecule has 0 atom stereocenters. The van der Waals surface area contributed by atoms with Gasteiger partial charge in [0, 0.05) is 17.3 Å². The van der Waals surface area contributed by atoms with Crippen molar-refractivity contribution in [1.82, 2.24) is 0 Å². The number of halogens is 1. The number of hydrogen-bond donors (Lipinski definition) is 2. The van der Waals surface area contributed by atoms with Crippen LogP contribution in [-0.4, -0.2) is 12.2 Å². The van der Waals surface area contributed by atoms with E-state index in [9.17, 15) is 5.11 Å². The van der Waals surface area contributed by atoms with Gasteiger partial charge in [-0.1, -0.05) is 11.6 Å². The summed E-state index contributed by atoms with van der Waals surface area (Å²) in [5.74, 6) is 0.476. The lowest BCUT2D eigenvalue weighted by Gasteiger charge is -2.21. The Hall–Kier alpha value is -0.930. The van der Waals surface area contributed by atoms with Gasteiger partial charge in [0.1, 0.15) is 5.75 Å². The van der Waals surface area contributed by atoms with Crippen LogP contribution in [0.4, 0.5) is 5.69 Å². The molecule has 1 aromatic carbocycles. The Kier molecular flexibility index (Phi) is 2.92. The summed E-state index contributed by atoms with van der Waals surface area (Å²) in [4.78, 5) is 0. The molecule has 0 bridgehead atoms. The first-order valence-corrected chi connectivity index (χ1v) is 4.60. The highest BCUT2D eigenvalue weighted by molar-refractivity contribution is 6.33. The number of methoxy groups -OCH3 is 1. The van der Waals surface area contributed by atoms with Gasteiger partial charge in [0.05, 0.1) is 17.7 Å². The molecule has 0 fully saturated rings. The van der Waals surface area contributed by atoms with Crippen LogP contribution in [0.3, 0.4) is 0 Å². The van der Waals surface area contributed by atoms with Gasteiger partial charge in [-0.05, 0) is 19.9 Å². The number of anilines is 1. The molecule has 0 unspecified atom stereocenters. The largest absolute Gasteiger partial charge is 0.495 e. The second kappa shape index (κ2) is 3.67. The summed E-state index contributed by atoms with van der Waals surface area (Å²) in [6.45, 7) is 3.29. The molecule has 1 rings (SSSR count). The average Bonchev–Trinajstić information content (AvgIpc) is 2.06. The van der Waals surface area contributed by atoms with Crippen LogP contribution in [-0.2, 0) is 5.60 Å². The van der Waals surface area contributed by atoms with Crippen LogP contribution >= 0.6 is 11.6 Å². The molecule has 3 N–H and O–H groups in total. The Morgan fingerprint density at radius 3 is 2.43 bits per heavy atom. The van der Waals surface area contributed by atoms with Crippen molar-refractivity contribution in [2.45, 2.75) is 19.4 Å². The Morgan fingerprint density at radius 1 is 1.43 bits per heavy atom. The molecule has 0 aliphatic rings. The number of rotatable bonds is 2. The number of nitrogen functional groups attached to an aromatic ring is 1. The second-order valence-electron chi connectivity index (χ2n) is 3.64. The van der Waals surface area contributed by atoms with Crippen LogP contribution in [0, 0.1) is 0 Å². The summed E-state index contributed by atoms with van der Waals surface area (Å²) in [7, 11) is 1.51. The predicted molar refractivity (Wildman–Crippen MR) is 57.7 cm³/mol. The molecule has 0 radical (unpaired) electrons. The molecule has 0 aromatic heterocycles. The summed E-state index contributed by atoms with van der Waals surface area (Å²) >= 11 is 6.02. The van der Waals surface area contributed by atoms with E-state index >= 15 is 0 Å². The zero-order valence-corrected chi connectivity index (χ0v) is 9.22. The Bertz CT molecular complexity index is 345. The highest BCUT2D eigenvalue weighted by Crippen LogP contribution is 2.36. The van der Waals surface area contributed by atoms with Crippen LogP contribution in [0.25, 0.3) is 0 Å². The van der Waals surface area contributed by atoms with Crippen LogP contribution < -0.4 is 10.5 Å². The molecule has 4 heteroatoms. The van der Waals surface area contributed by atoms with E-state index in [1.165, 1.54) is 7.11 Å². The SMILES string of the molecule is COc1cc(N)cc(C(C)(C)O)c1Cl. The molecule has 0 saturated carbocycles. The van der Waals surface area contributed by atoms with Crippen molar-refractivity contribution in [3.8, 4) is 5.75 Å². The Balaban J connectivity index is 3.37. The molecule has 0 amide bonds. The Morgan fingerprint density at radius 2 is 2.00 bits per heavy atom. The Labute approximate surface area is 88.4 Å². The van der Waals surface area contributed by atoms with E-state index < -0.39 is 5.60 Å². The highest BCUT2D eigenvalue weighted by atomic mass is 35.5. The molecule has 78 valence electrons. The minimum absolute atomic E-state index is 0.397. The average molecular weight is 216 g/mol. The zero-order chi connectivity index (χ0) is 10.9. The lowest BCUT2D eigenvalue weighted by molar-refractivity contribution is 0.0785. The first kappa shape index (κ1) is 11.1. The first-order valence-electron chi connectivity index (χ1n) is 4.22.